The van der Waals surface area contributed by atoms with Crippen LogP contribution in [0.2, 0.25) is 0 Å². The average Bonchev–Trinajstić information content (AvgIpc) is 2.84. The van der Waals surface area contributed by atoms with Crippen LogP contribution in [0.25, 0.3) is 0 Å². The molecule has 1 aromatic rings. The molecule has 1 fully saturated rings. The Hall–Kier alpha value is -1.23. The van der Waals surface area contributed by atoms with Crippen molar-refractivity contribution in [3.05, 3.63) is 35.6 Å². The highest BCUT2D eigenvalue weighted by Gasteiger charge is 2.18. The minimum Gasteiger partial charge on any atom is -0.353 e. The van der Waals surface area contributed by atoms with E-state index in [0.717, 1.165) is 31.2 Å². The van der Waals surface area contributed by atoms with Gasteiger partial charge in [-0.2, -0.15) is 0 Å². The van der Waals surface area contributed by atoms with Crippen molar-refractivity contribution < 1.29 is 13.4 Å². The summed E-state index contributed by atoms with van der Waals surface area (Å²) in [6, 6.07) is 6.14. The molecule has 1 saturated carbocycles. The maximum absolute atomic E-state index is 12.7. The minimum absolute atomic E-state index is 0.0217. The van der Waals surface area contributed by atoms with E-state index in [1.165, 1.54) is 12.1 Å². The van der Waals surface area contributed by atoms with Gasteiger partial charge in [-0.05, 0) is 30.5 Å². The van der Waals surface area contributed by atoms with Crippen molar-refractivity contribution in [2.45, 2.75) is 37.5 Å². The quantitative estimate of drug-likeness (QED) is 0.900. The SMILES string of the molecule is O=C(CS(=O)Cc1ccc(F)cc1)NC1CCCC1. The van der Waals surface area contributed by atoms with Crippen LogP contribution in [0.3, 0.4) is 0 Å². The zero-order valence-electron chi connectivity index (χ0n) is 10.7. The average molecular weight is 283 g/mol. The Balaban J connectivity index is 1.77. The van der Waals surface area contributed by atoms with Crippen molar-refractivity contribution in [3.63, 3.8) is 0 Å². The number of hydrogen-bond donors (Lipinski definition) is 1. The van der Waals surface area contributed by atoms with Crippen LogP contribution in [0.5, 0.6) is 0 Å². The van der Waals surface area contributed by atoms with E-state index in [1.54, 1.807) is 12.1 Å². The molecule has 19 heavy (non-hydrogen) atoms. The zero-order valence-corrected chi connectivity index (χ0v) is 11.5. The van der Waals surface area contributed by atoms with Gasteiger partial charge in [0.15, 0.2) is 0 Å². The molecule has 0 spiro atoms. The molecular formula is C14H18FNO2S. The molecule has 0 radical (unpaired) electrons. The Morgan fingerprint density at radius 3 is 2.53 bits per heavy atom. The van der Waals surface area contributed by atoms with E-state index in [0.29, 0.717) is 5.75 Å². The topological polar surface area (TPSA) is 46.2 Å². The molecule has 5 heteroatoms. The molecule has 0 aromatic heterocycles. The second-order valence-corrected chi connectivity index (χ2v) is 6.36. The molecule has 1 aliphatic rings. The third kappa shape index (κ3) is 4.74. The molecular weight excluding hydrogens is 265 g/mol. The standard InChI is InChI=1S/C14H18FNO2S/c15-12-7-5-11(6-8-12)9-19(18)10-14(17)16-13-3-1-2-4-13/h5-8,13H,1-4,9-10H2,(H,16,17). The van der Waals surface area contributed by atoms with Crippen LogP contribution in [0.15, 0.2) is 24.3 Å². The van der Waals surface area contributed by atoms with Gasteiger partial charge in [0.05, 0.1) is 0 Å². The van der Waals surface area contributed by atoms with E-state index >= 15 is 0 Å². The summed E-state index contributed by atoms with van der Waals surface area (Å²) in [4.78, 5) is 11.7. The lowest BCUT2D eigenvalue weighted by Gasteiger charge is -2.11. The second-order valence-electron chi connectivity index (χ2n) is 4.90. The minimum atomic E-state index is -1.24. The van der Waals surface area contributed by atoms with Gasteiger partial charge in [0.1, 0.15) is 11.6 Å². The Morgan fingerprint density at radius 1 is 1.26 bits per heavy atom. The van der Waals surface area contributed by atoms with E-state index in [-0.39, 0.29) is 23.5 Å². The fourth-order valence-corrected chi connectivity index (χ4v) is 3.35. The van der Waals surface area contributed by atoms with Crippen LogP contribution in [0.1, 0.15) is 31.2 Å². The van der Waals surface area contributed by atoms with Gasteiger partial charge in [-0.15, -0.1) is 0 Å². The smallest absolute Gasteiger partial charge is 0.232 e. The first-order chi connectivity index (χ1) is 9.13. The molecule has 1 aliphatic carbocycles. The number of carbonyl (C=O) groups is 1. The summed E-state index contributed by atoms with van der Waals surface area (Å²) < 4.78 is 24.6. The molecule has 104 valence electrons. The Labute approximate surface area is 115 Å². The summed E-state index contributed by atoms with van der Waals surface area (Å²) in [7, 11) is -1.24. The normalized spacial score (nSPS) is 17.3. The van der Waals surface area contributed by atoms with E-state index < -0.39 is 10.8 Å². The number of hydrogen-bond acceptors (Lipinski definition) is 2. The van der Waals surface area contributed by atoms with Crippen LogP contribution in [-0.2, 0) is 21.3 Å². The largest absolute Gasteiger partial charge is 0.353 e. The van der Waals surface area contributed by atoms with Gasteiger partial charge in [-0.1, -0.05) is 25.0 Å². The number of halogens is 1. The van der Waals surface area contributed by atoms with Crippen molar-refractivity contribution >= 4 is 16.7 Å². The molecule has 1 amide bonds. The summed E-state index contributed by atoms with van der Waals surface area (Å²) >= 11 is 0. The molecule has 2 rings (SSSR count). The predicted molar refractivity (Wildman–Crippen MR) is 73.5 cm³/mol. The van der Waals surface area contributed by atoms with Crippen molar-refractivity contribution in [1.29, 1.82) is 0 Å². The molecule has 0 aliphatic heterocycles. The van der Waals surface area contributed by atoms with E-state index in [1.807, 2.05) is 0 Å². The highest BCUT2D eigenvalue weighted by Crippen LogP contribution is 2.17. The van der Waals surface area contributed by atoms with Crippen molar-refractivity contribution in [2.24, 2.45) is 0 Å². The number of rotatable bonds is 5. The van der Waals surface area contributed by atoms with E-state index in [2.05, 4.69) is 5.32 Å². The van der Waals surface area contributed by atoms with Gasteiger partial charge >= 0.3 is 0 Å². The van der Waals surface area contributed by atoms with Crippen molar-refractivity contribution in [2.75, 3.05) is 5.75 Å². The van der Waals surface area contributed by atoms with Crippen molar-refractivity contribution in [3.8, 4) is 0 Å². The molecule has 3 nitrogen and oxygen atoms in total. The van der Waals surface area contributed by atoms with Crippen LogP contribution in [0, 0.1) is 5.82 Å². The lowest BCUT2D eigenvalue weighted by atomic mass is 10.2. The Morgan fingerprint density at radius 2 is 1.89 bits per heavy atom. The lowest BCUT2D eigenvalue weighted by molar-refractivity contribution is -0.119. The van der Waals surface area contributed by atoms with Gasteiger partial charge in [0.2, 0.25) is 5.91 Å². The highest BCUT2D eigenvalue weighted by atomic mass is 32.2. The summed E-state index contributed by atoms with van der Waals surface area (Å²) in [5.74, 6) is -0.146. The summed E-state index contributed by atoms with van der Waals surface area (Å²) in [6.07, 6.45) is 4.36. The Bertz CT molecular complexity index is 455. The summed E-state index contributed by atoms with van der Waals surface area (Å²) in [5, 5.41) is 2.91. The highest BCUT2D eigenvalue weighted by molar-refractivity contribution is 7.84. The number of carbonyl (C=O) groups excluding carboxylic acids is 1. The van der Waals surface area contributed by atoms with Crippen LogP contribution in [-0.4, -0.2) is 21.9 Å². The third-order valence-corrected chi connectivity index (χ3v) is 4.49. The van der Waals surface area contributed by atoms with Crippen LogP contribution >= 0.6 is 0 Å². The van der Waals surface area contributed by atoms with E-state index in [9.17, 15) is 13.4 Å². The molecule has 0 heterocycles. The van der Waals surface area contributed by atoms with Crippen molar-refractivity contribution in [1.82, 2.24) is 5.32 Å². The van der Waals surface area contributed by atoms with Gasteiger partial charge in [0.25, 0.3) is 0 Å². The molecule has 1 unspecified atom stereocenters. The fraction of sp³-hybridized carbons (Fsp3) is 0.500. The number of nitrogens with one attached hydrogen (secondary N) is 1. The van der Waals surface area contributed by atoms with Gasteiger partial charge in [-0.3, -0.25) is 9.00 Å². The lowest BCUT2D eigenvalue weighted by Crippen LogP contribution is -2.35. The first kappa shape index (κ1) is 14.2. The molecule has 1 N–H and O–H groups in total. The first-order valence-electron chi connectivity index (χ1n) is 6.52. The summed E-state index contributed by atoms with van der Waals surface area (Å²) in [6.45, 7) is 0. The number of benzene rings is 1. The Kier molecular flexibility index (Phi) is 5.07. The molecule has 0 saturated heterocycles. The maximum Gasteiger partial charge on any atom is 0.232 e. The predicted octanol–water partition coefficient (Wildman–Crippen LogP) is 2.13. The molecule has 1 aromatic carbocycles. The van der Waals surface area contributed by atoms with Gasteiger partial charge < -0.3 is 5.32 Å². The molecule has 1 atom stereocenters. The van der Waals surface area contributed by atoms with Crippen LogP contribution < -0.4 is 5.32 Å². The van der Waals surface area contributed by atoms with E-state index in [4.69, 9.17) is 0 Å². The van der Waals surface area contributed by atoms with Gasteiger partial charge in [-0.25, -0.2) is 4.39 Å². The monoisotopic (exact) mass is 283 g/mol. The third-order valence-electron chi connectivity index (χ3n) is 3.25. The first-order valence-corrected chi connectivity index (χ1v) is 8.01. The zero-order chi connectivity index (χ0) is 13.7. The summed E-state index contributed by atoms with van der Waals surface area (Å²) in [5.41, 5.74) is 0.786. The molecule has 0 bridgehead atoms. The van der Waals surface area contributed by atoms with Gasteiger partial charge in [0, 0.05) is 22.6 Å². The second kappa shape index (κ2) is 6.80. The van der Waals surface area contributed by atoms with Crippen LogP contribution in [0.4, 0.5) is 4.39 Å². The number of amides is 1. The fourth-order valence-electron chi connectivity index (χ4n) is 2.30. The maximum atomic E-state index is 12.7.